The molecule has 9 heteroatoms. The highest BCUT2D eigenvalue weighted by molar-refractivity contribution is 7.89. The summed E-state index contributed by atoms with van der Waals surface area (Å²) in [5.41, 5.74) is -0.651. The molecule has 0 aliphatic heterocycles. The van der Waals surface area contributed by atoms with Crippen LogP contribution in [0.5, 0.6) is 0 Å². The summed E-state index contributed by atoms with van der Waals surface area (Å²) in [6.07, 6.45) is 0. The zero-order valence-electron chi connectivity index (χ0n) is 10.5. The molecule has 2 N–H and O–H groups in total. The van der Waals surface area contributed by atoms with Crippen LogP contribution in [0.25, 0.3) is 0 Å². The number of carbonyl (C=O) groups excluding carboxylic acids is 1. The topological polar surface area (TPSA) is 75.3 Å². The number of benzene rings is 1. The highest BCUT2D eigenvalue weighted by atomic mass is 32.2. The maximum atomic E-state index is 13.3. The Morgan fingerprint density at radius 1 is 1.15 bits per heavy atom. The van der Waals surface area contributed by atoms with Gasteiger partial charge in [0, 0.05) is 13.1 Å². The molecule has 112 valence electrons. The van der Waals surface area contributed by atoms with Crippen LogP contribution in [-0.4, -0.2) is 33.2 Å². The van der Waals surface area contributed by atoms with Gasteiger partial charge in [-0.15, -0.1) is 0 Å². The second-order valence-electron chi connectivity index (χ2n) is 3.78. The number of amides is 1. The molecule has 0 atom stereocenters. The third kappa shape index (κ3) is 4.20. The average molecular weight is 310 g/mol. The van der Waals surface area contributed by atoms with Crippen molar-refractivity contribution in [2.24, 2.45) is 0 Å². The van der Waals surface area contributed by atoms with Crippen LogP contribution in [-0.2, 0) is 10.0 Å². The maximum absolute atomic E-state index is 13.3. The minimum Gasteiger partial charge on any atom is -0.351 e. The Morgan fingerprint density at radius 2 is 1.80 bits per heavy atom. The molecule has 0 saturated carbocycles. The Bertz CT molecular complexity index is 605. The molecule has 0 saturated heterocycles. The Balaban J connectivity index is 2.59. The molecule has 0 heterocycles. The van der Waals surface area contributed by atoms with Gasteiger partial charge in [0.2, 0.25) is 10.0 Å². The van der Waals surface area contributed by atoms with Gasteiger partial charge in [0.15, 0.2) is 17.5 Å². The lowest BCUT2D eigenvalue weighted by Crippen LogP contribution is -2.35. The van der Waals surface area contributed by atoms with Crippen LogP contribution >= 0.6 is 0 Å². The van der Waals surface area contributed by atoms with Gasteiger partial charge in [-0.1, -0.05) is 0 Å². The van der Waals surface area contributed by atoms with E-state index >= 15 is 0 Å². The number of halogens is 3. The van der Waals surface area contributed by atoms with Crippen molar-refractivity contribution >= 4 is 15.9 Å². The van der Waals surface area contributed by atoms with Gasteiger partial charge in [0.05, 0.1) is 11.3 Å². The number of rotatable bonds is 6. The van der Waals surface area contributed by atoms with Crippen molar-refractivity contribution in [3.05, 3.63) is 35.1 Å². The first-order valence-corrected chi connectivity index (χ1v) is 7.32. The van der Waals surface area contributed by atoms with E-state index in [1.807, 2.05) is 0 Å². The summed E-state index contributed by atoms with van der Waals surface area (Å²) in [7, 11) is -3.39. The van der Waals surface area contributed by atoms with Crippen molar-refractivity contribution in [2.75, 3.05) is 18.8 Å². The first kappa shape index (κ1) is 16.4. The average Bonchev–Trinajstić information content (AvgIpc) is 2.41. The van der Waals surface area contributed by atoms with E-state index in [1.54, 1.807) is 0 Å². The van der Waals surface area contributed by atoms with Crippen LogP contribution in [0.4, 0.5) is 13.2 Å². The minimum atomic E-state index is -3.39. The van der Waals surface area contributed by atoms with Gasteiger partial charge >= 0.3 is 0 Å². The lowest BCUT2D eigenvalue weighted by atomic mass is 10.2. The molecule has 1 aromatic carbocycles. The predicted octanol–water partition coefficient (Wildman–Crippen LogP) is 0.773. The highest BCUT2D eigenvalue weighted by Gasteiger charge is 2.18. The van der Waals surface area contributed by atoms with Gasteiger partial charge in [-0.25, -0.2) is 26.3 Å². The molecule has 0 radical (unpaired) electrons. The minimum absolute atomic E-state index is 0.0901. The summed E-state index contributed by atoms with van der Waals surface area (Å²) in [5.74, 6) is -5.79. The fourth-order valence-corrected chi connectivity index (χ4v) is 1.90. The largest absolute Gasteiger partial charge is 0.351 e. The monoisotopic (exact) mass is 310 g/mol. The van der Waals surface area contributed by atoms with Crippen molar-refractivity contribution < 1.29 is 26.4 Å². The van der Waals surface area contributed by atoms with Gasteiger partial charge in [-0.05, 0) is 19.1 Å². The van der Waals surface area contributed by atoms with E-state index in [1.165, 1.54) is 6.92 Å². The second kappa shape index (κ2) is 6.71. The first-order chi connectivity index (χ1) is 9.28. The Kier molecular flexibility index (Phi) is 5.52. The summed E-state index contributed by atoms with van der Waals surface area (Å²) in [6, 6.07) is 1.44. The fourth-order valence-electron chi connectivity index (χ4n) is 1.28. The van der Waals surface area contributed by atoms with Gasteiger partial charge in [0.1, 0.15) is 0 Å². The zero-order chi connectivity index (χ0) is 15.3. The van der Waals surface area contributed by atoms with E-state index in [9.17, 15) is 26.4 Å². The van der Waals surface area contributed by atoms with Crippen molar-refractivity contribution in [3.8, 4) is 0 Å². The predicted molar refractivity (Wildman–Crippen MR) is 66.1 cm³/mol. The molecule has 0 bridgehead atoms. The molecule has 0 fully saturated rings. The summed E-state index contributed by atoms with van der Waals surface area (Å²) in [6.45, 7) is 1.24. The van der Waals surface area contributed by atoms with E-state index < -0.39 is 38.9 Å². The Morgan fingerprint density at radius 3 is 2.40 bits per heavy atom. The van der Waals surface area contributed by atoms with Gasteiger partial charge in [0.25, 0.3) is 5.91 Å². The Hall–Kier alpha value is -1.61. The third-order valence-corrected chi connectivity index (χ3v) is 3.80. The molecule has 0 unspecified atom stereocenters. The summed E-state index contributed by atoms with van der Waals surface area (Å²) >= 11 is 0. The van der Waals surface area contributed by atoms with Gasteiger partial charge in [-0.3, -0.25) is 4.79 Å². The molecule has 20 heavy (non-hydrogen) atoms. The van der Waals surface area contributed by atoms with E-state index in [-0.39, 0.29) is 18.8 Å². The zero-order valence-corrected chi connectivity index (χ0v) is 11.4. The lowest BCUT2D eigenvalue weighted by Gasteiger charge is -2.08. The van der Waals surface area contributed by atoms with E-state index in [0.29, 0.717) is 6.07 Å². The Labute approximate surface area is 114 Å². The molecule has 0 aliphatic rings. The standard InChI is InChI=1S/C11H13F3N2O3S/c1-2-20(18,19)16-6-5-15-11(17)7-3-4-8(12)10(14)9(7)13/h3-4,16H,2,5-6H2,1H3,(H,15,17). The smallest absolute Gasteiger partial charge is 0.254 e. The lowest BCUT2D eigenvalue weighted by molar-refractivity contribution is 0.0949. The van der Waals surface area contributed by atoms with Crippen LogP contribution in [0.15, 0.2) is 12.1 Å². The quantitative estimate of drug-likeness (QED) is 0.602. The van der Waals surface area contributed by atoms with Crippen molar-refractivity contribution in [3.63, 3.8) is 0 Å². The van der Waals surface area contributed by atoms with Crippen molar-refractivity contribution in [1.82, 2.24) is 10.0 Å². The van der Waals surface area contributed by atoms with Crippen molar-refractivity contribution in [2.45, 2.75) is 6.92 Å². The summed E-state index contributed by atoms with van der Waals surface area (Å²) < 4.78 is 63.2. The van der Waals surface area contributed by atoms with Crippen LogP contribution in [0.1, 0.15) is 17.3 Å². The molecular weight excluding hydrogens is 297 g/mol. The van der Waals surface area contributed by atoms with Crippen molar-refractivity contribution in [1.29, 1.82) is 0 Å². The van der Waals surface area contributed by atoms with Crippen LogP contribution in [0.3, 0.4) is 0 Å². The second-order valence-corrected chi connectivity index (χ2v) is 5.87. The van der Waals surface area contributed by atoms with Crippen LogP contribution in [0.2, 0.25) is 0 Å². The van der Waals surface area contributed by atoms with Crippen LogP contribution < -0.4 is 10.0 Å². The number of carbonyl (C=O) groups is 1. The summed E-state index contributed by atoms with van der Waals surface area (Å²) in [5, 5.41) is 2.19. The third-order valence-electron chi connectivity index (χ3n) is 2.39. The maximum Gasteiger partial charge on any atom is 0.254 e. The number of hydrogen-bond acceptors (Lipinski definition) is 3. The highest BCUT2D eigenvalue weighted by Crippen LogP contribution is 2.14. The number of sulfonamides is 1. The molecule has 0 spiro atoms. The number of nitrogens with one attached hydrogen (secondary N) is 2. The SMILES string of the molecule is CCS(=O)(=O)NCCNC(=O)c1ccc(F)c(F)c1F. The summed E-state index contributed by atoms with van der Waals surface area (Å²) in [4.78, 5) is 11.5. The molecule has 0 aromatic heterocycles. The fraction of sp³-hybridized carbons (Fsp3) is 0.364. The molecule has 5 nitrogen and oxygen atoms in total. The molecule has 1 rings (SSSR count). The van der Waals surface area contributed by atoms with E-state index in [2.05, 4.69) is 10.0 Å². The normalized spacial score (nSPS) is 11.4. The molecule has 1 aromatic rings. The van der Waals surface area contributed by atoms with Gasteiger partial charge in [-0.2, -0.15) is 0 Å². The molecule has 0 aliphatic carbocycles. The van der Waals surface area contributed by atoms with Crippen LogP contribution in [0, 0.1) is 17.5 Å². The molecular formula is C11H13F3N2O3S. The molecule has 1 amide bonds. The van der Waals surface area contributed by atoms with E-state index in [4.69, 9.17) is 0 Å². The number of hydrogen-bond donors (Lipinski definition) is 2. The first-order valence-electron chi connectivity index (χ1n) is 5.67. The van der Waals surface area contributed by atoms with E-state index in [0.717, 1.165) is 6.07 Å². The van der Waals surface area contributed by atoms with Gasteiger partial charge < -0.3 is 5.32 Å².